The highest BCUT2D eigenvalue weighted by molar-refractivity contribution is 6.42. The molecule has 1 heterocycles. The molecule has 3 rings (SSSR count). The van der Waals surface area contributed by atoms with E-state index in [1.807, 2.05) is 0 Å². The molecule has 0 bridgehead atoms. The number of fused-ring (bicyclic) bond motifs is 1. The minimum Gasteiger partial charge on any atom is -0.351 e. The van der Waals surface area contributed by atoms with E-state index < -0.39 is 0 Å². The van der Waals surface area contributed by atoms with E-state index >= 15 is 0 Å². The molecule has 0 saturated carbocycles. The highest BCUT2D eigenvalue weighted by atomic mass is 35.5. The highest BCUT2D eigenvalue weighted by Crippen LogP contribution is 2.25. The third-order valence-corrected chi connectivity index (χ3v) is 4.48. The number of anilines is 1. The Morgan fingerprint density at radius 2 is 1.88 bits per heavy atom. The van der Waals surface area contributed by atoms with Crippen LogP contribution in [0.1, 0.15) is 10.5 Å². The van der Waals surface area contributed by atoms with Gasteiger partial charge in [0.1, 0.15) is 11.5 Å². The van der Waals surface area contributed by atoms with Gasteiger partial charge in [0.05, 0.1) is 16.6 Å². The summed E-state index contributed by atoms with van der Waals surface area (Å²) in [7, 11) is 1.50. The number of benzene rings is 2. The van der Waals surface area contributed by atoms with Crippen LogP contribution in [0.25, 0.3) is 10.9 Å². The first kappa shape index (κ1) is 18.2. The van der Waals surface area contributed by atoms with E-state index in [1.54, 1.807) is 24.3 Å². The number of halogens is 3. The first-order valence-electron chi connectivity index (χ1n) is 7.62. The van der Waals surface area contributed by atoms with E-state index in [1.165, 1.54) is 30.1 Å². The van der Waals surface area contributed by atoms with Crippen LogP contribution in [0.2, 0.25) is 10.0 Å². The Morgan fingerprint density at radius 3 is 2.62 bits per heavy atom. The smallest absolute Gasteiger partial charge is 0.270 e. The second kappa shape index (κ2) is 7.35. The average molecular weight is 394 g/mol. The summed E-state index contributed by atoms with van der Waals surface area (Å²) in [5.41, 5.74) is 1.39. The van der Waals surface area contributed by atoms with Crippen LogP contribution in [0.5, 0.6) is 0 Å². The van der Waals surface area contributed by atoms with E-state index in [0.717, 1.165) is 0 Å². The van der Waals surface area contributed by atoms with Crippen molar-refractivity contribution < 1.29 is 14.0 Å². The normalized spacial score (nSPS) is 10.8. The molecule has 0 atom stereocenters. The van der Waals surface area contributed by atoms with Crippen molar-refractivity contribution in [3.8, 4) is 0 Å². The van der Waals surface area contributed by atoms with Crippen LogP contribution >= 0.6 is 23.2 Å². The van der Waals surface area contributed by atoms with Crippen molar-refractivity contribution in [2.45, 2.75) is 0 Å². The Balaban J connectivity index is 1.67. The lowest BCUT2D eigenvalue weighted by Gasteiger charge is -2.16. The Hall–Kier alpha value is -2.57. The van der Waals surface area contributed by atoms with Crippen molar-refractivity contribution in [1.29, 1.82) is 0 Å². The van der Waals surface area contributed by atoms with Gasteiger partial charge >= 0.3 is 0 Å². The summed E-state index contributed by atoms with van der Waals surface area (Å²) in [6, 6.07) is 10.4. The van der Waals surface area contributed by atoms with Gasteiger partial charge in [-0.1, -0.05) is 23.2 Å². The molecule has 0 unspecified atom stereocenters. The molecular weight excluding hydrogens is 380 g/mol. The molecule has 1 aromatic heterocycles. The Kier molecular flexibility index (Phi) is 5.15. The third-order valence-electron chi connectivity index (χ3n) is 3.74. The summed E-state index contributed by atoms with van der Waals surface area (Å²) < 4.78 is 13.3. The molecule has 0 fully saturated rings. The molecule has 0 radical (unpaired) electrons. The minimum absolute atomic E-state index is 0.164. The maximum absolute atomic E-state index is 13.3. The van der Waals surface area contributed by atoms with Crippen LogP contribution in [-0.2, 0) is 4.79 Å². The zero-order chi connectivity index (χ0) is 18.8. The fraction of sp³-hybridized carbons (Fsp3) is 0.111. The lowest BCUT2D eigenvalue weighted by atomic mass is 10.2. The molecule has 2 N–H and O–H groups in total. The number of nitrogens with zero attached hydrogens (tertiary/aromatic N) is 1. The van der Waals surface area contributed by atoms with Crippen LogP contribution in [0.15, 0.2) is 42.5 Å². The first-order valence-corrected chi connectivity index (χ1v) is 8.38. The van der Waals surface area contributed by atoms with Crippen LogP contribution < -0.4 is 5.32 Å². The SMILES string of the molecule is CN(CC(=O)Nc1ccc(Cl)c(Cl)c1)C(=O)c1cc2cc(F)ccc2[nH]1. The predicted octanol–water partition coefficient (Wildman–Crippen LogP) is 4.32. The van der Waals surface area contributed by atoms with Crippen molar-refractivity contribution >= 4 is 51.6 Å². The number of H-pyrrole nitrogens is 1. The van der Waals surface area contributed by atoms with Crippen molar-refractivity contribution in [2.75, 3.05) is 18.9 Å². The Labute approximate surface area is 158 Å². The summed E-state index contributed by atoms with van der Waals surface area (Å²) in [6.45, 7) is -0.164. The molecule has 0 spiro atoms. The van der Waals surface area contributed by atoms with E-state index in [9.17, 15) is 14.0 Å². The number of hydrogen-bond acceptors (Lipinski definition) is 2. The fourth-order valence-electron chi connectivity index (χ4n) is 2.49. The number of aromatic nitrogens is 1. The summed E-state index contributed by atoms with van der Waals surface area (Å²) >= 11 is 11.7. The van der Waals surface area contributed by atoms with E-state index in [0.29, 0.717) is 26.6 Å². The first-order chi connectivity index (χ1) is 12.3. The molecule has 2 aromatic carbocycles. The zero-order valence-corrected chi connectivity index (χ0v) is 15.2. The lowest BCUT2D eigenvalue weighted by molar-refractivity contribution is -0.116. The molecule has 5 nitrogen and oxygen atoms in total. The summed E-state index contributed by atoms with van der Waals surface area (Å²) in [6.07, 6.45) is 0. The number of aromatic amines is 1. The van der Waals surface area contributed by atoms with Gasteiger partial charge in [0.25, 0.3) is 5.91 Å². The van der Waals surface area contributed by atoms with Gasteiger partial charge in [0.15, 0.2) is 0 Å². The van der Waals surface area contributed by atoms with Gasteiger partial charge in [-0.3, -0.25) is 9.59 Å². The molecule has 8 heteroatoms. The number of likely N-dealkylation sites (N-methyl/N-ethyl adjacent to an activating group) is 1. The van der Waals surface area contributed by atoms with Gasteiger partial charge in [0, 0.05) is 23.6 Å². The molecule has 0 aliphatic carbocycles. The zero-order valence-electron chi connectivity index (χ0n) is 13.6. The number of amides is 2. The summed E-state index contributed by atoms with van der Waals surface area (Å²) in [5.74, 6) is -1.16. The second-order valence-electron chi connectivity index (χ2n) is 5.75. The predicted molar refractivity (Wildman–Crippen MR) is 100 cm³/mol. The van der Waals surface area contributed by atoms with Gasteiger partial charge in [-0.15, -0.1) is 0 Å². The van der Waals surface area contributed by atoms with Crippen LogP contribution in [0.4, 0.5) is 10.1 Å². The average Bonchev–Trinajstić information content (AvgIpc) is 3.00. The maximum atomic E-state index is 13.3. The van der Waals surface area contributed by atoms with Crippen LogP contribution in [0, 0.1) is 5.82 Å². The molecule has 0 saturated heterocycles. The van der Waals surface area contributed by atoms with Crippen LogP contribution in [0.3, 0.4) is 0 Å². The van der Waals surface area contributed by atoms with Crippen molar-refractivity contribution in [3.63, 3.8) is 0 Å². The molecular formula is C18H14Cl2FN3O2. The molecule has 3 aromatic rings. The molecule has 0 aliphatic heterocycles. The number of carbonyl (C=O) groups is 2. The quantitative estimate of drug-likeness (QED) is 0.692. The van der Waals surface area contributed by atoms with Crippen molar-refractivity contribution in [1.82, 2.24) is 9.88 Å². The molecule has 134 valence electrons. The summed E-state index contributed by atoms with van der Waals surface area (Å²) in [5, 5.41) is 3.93. The van der Waals surface area contributed by atoms with E-state index in [4.69, 9.17) is 23.2 Å². The van der Waals surface area contributed by atoms with Gasteiger partial charge in [-0.2, -0.15) is 0 Å². The van der Waals surface area contributed by atoms with Gasteiger partial charge in [-0.25, -0.2) is 4.39 Å². The fourth-order valence-corrected chi connectivity index (χ4v) is 2.78. The second-order valence-corrected chi connectivity index (χ2v) is 6.57. The molecule has 26 heavy (non-hydrogen) atoms. The largest absolute Gasteiger partial charge is 0.351 e. The highest BCUT2D eigenvalue weighted by Gasteiger charge is 2.17. The third kappa shape index (κ3) is 3.98. The van der Waals surface area contributed by atoms with Gasteiger partial charge < -0.3 is 15.2 Å². The van der Waals surface area contributed by atoms with Gasteiger partial charge in [-0.05, 0) is 42.5 Å². The number of nitrogens with one attached hydrogen (secondary N) is 2. The van der Waals surface area contributed by atoms with Crippen molar-refractivity contribution in [2.24, 2.45) is 0 Å². The summed E-state index contributed by atoms with van der Waals surface area (Å²) in [4.78, 5) is 28.8. The number of hydrogen-bond donors (Lipinski definition) is 2. The maximum Gasteiger partial charge on any atom is 0.270 e. The monoisotopic (exact) mass is 393 g/mol. The minimum atomic E-state index is -0.388. The Morgan fingerprint density at radius 1 is 1.12 bits per heavy atom. The van der Waals surface area contributed by atoms with E-state index in [-0.39, 0.29) is 29.9 Å². The standard InChI is InChI=1S/C18H14Cl2FN3O2/c1-24(9-17(25)22-12-3-4-13(19)14(20)8-12)18(26)16-7-10-6-11(21)2-5-15(10)23-16/h2-8,23H,9H2,1H3,(H,22,25). The van der Waals surface area contributed by atoms with Gasteiger partial charge in [0.2, 0.25) is 5.91 Å². The molecule has 0 aliphatic rings. The molecule has 2 amide bonds. The van der Waals surface area contributed by atoms with Crippen molar-refractivity contribution in [3.05, 3.63) is 64.0 Å². The topological polar surface area (TPSA) is 65.2 Å². The lowest BCUT2D eigenvalue weighted by Crippen LogP contribution is -2.35. The van der Waals surface area contributed by atoms with Crippen LogP contribution in [-0.4, -0.2) is 35.3 Å². The number of carbonyl (C=O) groups excluding carboxylic acids is 2. The number of rotatable bonds is 4. The Bertz CT molecular complexity index is 1000. The van der Waals surface area contributed by atoms with E-state index in [2.05, 4.69) is 10.3 Å².